The first-order chi connectivity index (χ1) is 7.78. The molecule has 0 heterocycles. The van der Waals surface area contributed by atoms with Crippen LogP contribution in [0.25, 0.3) is 0 Å². The summed E-state index contributed by atoms with van der Waals surface area (Å²) < 4.78 is 36.8. The summed E-state index contributed by atoms with van der Waals surface area (Å²) in [5.74, 6) is 0. The molecule has 0 radical (unpaired) electrons. The SMILES string of the molecule is NC(CCC(F)(F)F)Cc1ccc(Br)cc1Cl. The molecule has 0 spiro atoms. The van der Waals surface area contributed by atoms with Gasteiger partial charge in [-0.15, -0.1) is 0 Å². The van der Waals surface area contributed by atoms with Crippen molar-refractivity contribution in [2.45, 2.75) is 31.5 Å². The van der Waals surface area contributed by atoms with E-state index in [2.05, 4.69) is 15.9 Å². The van der Waals surface area contributed by atoms with E-state index < -0.39 is 18.6 Å². The Labute approximate surface area is 111 Å². The average Bonchev–Trinajstić information content (AvgIpc) is 2.18. The van der Waals surface area contributed by atoms with Crippen molar-refractivity contribution in [3.8, 4) is 0 Å². The summed E-state index contributed by atoms with van der Waals surface area (Å²) in [6, 6.07) is 4.72. The first-order valence-electron chi connectivity index (χ1n) is 5.04. The molecule has 6 heteroatoms. The van der Waals surface area contributed by atoms with Crippen molar-refractivity contribution in [3.63, 3.8) is 0 Å². The summed E-state index contributed by atoms with van der Waals surface area (Å²) in [7, 11) is 0. The predicted octanol–water partition coefficient (Wildman–Crippen LogP) is 4.31. The Bertz CT molecular complexity index is 381. The maximum absolute atomic E-state index is 12.0. The largest absolute Gasteiger partial charge is 0.389 e. The molecule has 0 saturated carbocycles. The standard InChI is InChI=1S/C11H12BrClF3N/c12-8-2-1-7(10(13)6-8)5-9(17)3-4-11(14,15)16/h1-2,6,9H,3-5,17H2. The predicted molar refractivity (Wildman–Crippen MR) is 66.1 cm³/mol. The smallest absolute Gasteiger partial charge is 0.327 e. The zero-order chi connectivity index (χ0) is 13.1. The van der Waals surface area contributed by atoms with Crippen molar-refractivity contribution in [2.24, 2.45) is 5.73 Å². The third kappa shape index (κ3) is 5.75. The molecule has 1 unspecified atom stereocenters. The van der Waals surface area contributed by atoms with Crippen molar-refractivity contribution >= 4 is 27.5 Å². The molecular formula is C11H12BrClF3N. The van der Waals surface area contributed by atoms with Gasteiger partial charge in [-0.3, -0.25) is 0 Å². The van der Waals surface area contributed by atoms with Gasteiger partial charge in [0.25, 0.3) is 0 Å². The van der Waals surface area contributed by atoms with Crippen LogP contribution in [0.1, 0.15) is 18.4 Å². The molecule has 17 heavy (non-hydrogen) atoms. The Morgan fingerprint density at radius 3 is 2.53 bits per heavy atom. The molecule has 0 aliphatic rings. The molecule has 1 nitrogen and oxygen atoms in total. The van der Waals surface area contributed by atoms with E-state index in [1.54, 1.807) is 18.2 Å². The molecule has 0 amide bonds. The first-order valence-corrected chi connectivity index (χ1v) is 6.21. The van der Waals surface area contributed by atoms with Crippen LogP contribution in [0, 0.1) is 0 Å². The van der Waals surface area contributed by atoms with Crippen molar-refractivity contribution in [1.29, 1.82) is 0 Å². The number of hydrogen-bond donors (Lipinski definition) is 1. The quantitative estimate of drug-likeness (QED) is 0.874. The highest BCUT2D eigenvalue weighted by atomic mass is 79.9. The van der Waals surface area contributed by atoms with Gasteiger partial charge < -0.3 is 5.73 Å². The fourth-order valence-electron chi connectivity index (χ4n) is 1.42. The van der Waals surface area contributed by atoms with E-state index in [1.807, 2.05) is 0 Å². The Balaban J connectivity index is 2.53. The Morgan fingerprint density at radius 1 is 1.35 bits per heavy atom. The number of alkyl halides is 3. The topological polar surface area (TPSA) is 26.0 Å². The van der Waals surface area contributed by atoms with Gasteiger partial charge >= 0.3 is 6.18 Å². The molecule has 0 saturated heterocycles. The lowest BCUT2D eigenvalue weighted by Crippen LogP contribution is -2.25. The Hall–Kier alpha value is -0.260. The van der Waals surface area contributed by atoms with Crippen LogP contribution >= 0.6 is 27.5 Å². The number of rotatable bonds is 4. The van der Waals surface area contributed by atoms with Gasteiger partial charge in [0, 0.05) is 22.0 Å². The first kappa shape index (κ1) is 14.8. The van der Waals surface area contributed by atoms with E-state index in [0.29, 0.717) is 11.4 Å². The van der Waals surface area contributed by atoms with Crippen LogP contribution < -0.4 is 5.73 Å². The summed E-state index contributed by atoms with van der Waals surface area (Å²) in [6.45, 7) is 0. The highest BCUT2D eigenvalue weighted by Crippen LogP contribution is 2.25. The fraction of sp³-hybridized carbons (Fsp3) is 0.455. The van der Waals surface area contributed by atoms with Crippen molar-refractivity contribution in [3.05, 3.63) is 33.3 Å². The molecule has 1 aromatic rings. The molecule has 2 N–H and O–H groups in total. The molecule has 1 aromatic carbocycles. The number of benzene rings is 1. The van der Waals surface area contributed by atoms with Gasteiger partial charge in [0.1, 0.15) is 0 Å². The summed E-state index contributed by atoms with van der Waals surface area (Å²) in [6.07, 6.45) is -4.75. The molecule has 0 aromatic heterocycles. The van der Waals surface area contributed by atoms with Gasteiger partial charge in [0.15, 0.2) is 0 Å². The summed E-state index contributed by atoms with van der Waals surface area (Å²) in [4.78, 5) is 0. The zero-order valence-corrected chi connectivity index (χ0v) is 11.2. The zero-order valence-electron chi connectivity index (χ0n) is 8.90. The molecule has 1 rings (SSSR count). The average molecular weight is 331 g/mol. The highest BCUT2D eigenvalue weighted by Gasteiger charge is 2.27. The molecule has 0 fully saturated rings. The van der Waals surface area contributed by atoms with Crippen LogP contribution in [-0.2, 0) is 6.42 Å². The lowest BCUT2D eigenvalue weighted by Gasteiger charge is -2.14. The van der Waals surface area contributed by atoms with Crippen LogP contribution in [0.3, 0.4) is 0 Å². The van der Waals surface area contributed by atoms with Gasteiger partial charge in [-0.25, -0.2) is 0 Å². The third-order valence-corrected chi connectivity index (χ3v) is 3.14. The molecule has 1 atom stereocenters. The Kier molecular flexibility index (Phi) is 5.28. The minimum Gasteiger partial charge on any atom is -0.327 e. The third-order valence-electron chi connectivity index (χ3n) is 2.30. The van der Waals surface area contributed by atoms with Crippen LogP contribution in [0.2, 0.25) is 5.02 Å². The van der Waals surface area contributed by atoms with Crippen LogP contribution in [0.4, 0.5) is 13.2 Å². The second-order valence-electron chi connectivity index (χ2n) is 3.85. The van der Waals surface area contributed by atoms with Crippen molar-refractivity contribution in [1.82, 2.24) is 0 Å². The van der Waals surface area contributed by atoms with Gasteiger partial charge in [-0.2, -0.15) is 13.2 Å². The molecule has 0 aliphatic carbocycles. The number of halogens is 5. The van der Waals surface area contributed by atoms with Crippen molar-refractivity contribution < 1.29 is 13.2 Å². The highest BCUT2D eigenvalue weighted by molar-refractivity contribution is 9.10. The van der Waals surface area contributed by atoms with E-state index >= 15 is 0 Å². The Morgan fingerprint density at radius 2 is 2.00 bits per heavy atom. The van der Waals surface area contributed by atoms with E-state index in [-0.39, 0.29) is 6.42 Å². The van der Waals surface area contributed by atoms with Crippen molar-refractivity contribution in [2.75, 3.05) is 0 Å². The molecule has 0 aliphatic heterocycles. The lowest BCUT2D eigenvalue weighted by atomic mass is 10.0. The van der Waals surface area contributed by atoms with Gasteiger partial charge in [-0.05, 0) is 30.5 Å². The van der Waals surface area contributed by atoms with Gasteiger partial charge in [-0.1, -0.05) is 33.6 Å². The summed E-state index contributed by atoms with van der Waals surface area (Å²) in [5, 5.41) is 0.516. The number of nitrogens with two attached hydrogens (primary N) is 1. The van der Waals surface area contributed by atoms with E-state index in [9.17, 15) is 13.2 Å². The molecule has 0 bridgehead atoms. The minimum atomic E-state index is -4.15. The van der Waals surface area contributed by atoms with Crippen LogP contribution in [0.15, 0.2) is 22.7 Å². The monoisotopic (exact) mass is 329 g/mol. The second kappa shape index (κ2) is 6.07. The maximum Gasteiger partial charge on any atom is 0.389 e. The maximum atomic E-state index is 12.0. The van der Waals surface area contributed by atoms with E-state index in [1.165, 1.54) is 0 Å². The van der Waals surface area contributed by atoms with E-state index in [0.717, 1.165) is 10.0 Å². The fourth-order valence-corrected chi connectivity index (χ4v) is 2.17. The second-order valence-corrected chi connectivity index (χ2v) is 5.18. The number of hydrogen-bond acceptors (Lipinski definition) is 1. The van der Waals surface area contributed by atoms with E-state index in [4.69, 9.17) is 17.3 Å². The molecule has 96 valence electrons. The summed E-state index contributed by atoms with van der Waals surface area (Å²) in [5.41, 5.74) is 6.42. The lowest BCUT2D eigenvalue weighted by molar-refractivity contribution is -0.136. The molecular weight excluding hydrogens is 318 g/mol. The van der Waals surface area contributed by atoms with Gasteiger partial charge in [0.05, 0.1) is 0 Å². The van der Waals surface area contributed by atoms with Crippen LogP contribution in [0.5, 0.6) is 0 Å². The summed E-state index contributed by atoms with van der Waals surface area (Å²) >= 11 is 9.21. The normalized spacial score (nSPS) is 13.8. The van der Waals surface area contributed by atoms with Crippen LogP contribution in [-0.4, -0.2) is 12.2 Å². The minimum absolute atomic E-state index is 0.0874. The van der Waals surface area contributed by atoms with Gasteiger partial charge in [0.2, 0.25) is 0 Å².